The second kappa shape index (κ2) is 9.08. The van der Waals surface area contributed by atoms with Crippen LogP contribution < -0.4 is 15.6 Å². The zero-order valence-corrected chi connectivity index (χ0v) is 20.9. The Morgan fingerprint density at radius 2 is 1.94 bits per heavy atom. The van der Waals surface area contributed by atoms with Gasteiger partial charge >= 0.3 is 0 Å². The smallest absolute Gasteiger partial charge is 0.263 e. The Hall–Kier alpha value is -2.83. The van der Waals surface area contributed by atoms with E-state index in [4.69, 9.17) is 12.2 Å². The molecule has 12 heteroatoms. The van der Waals surface area contributed by atoms with Crippen molar-refractivity contribution >= 4 is 49.5 Å². The van der Waals surface area contributed by atoms with Gasteiger partial charge in [-0.25, -0.2) is 8.42 Å². The molecule has 0 radical (unpaired) electrons. The van der Waals surface area contributed by atoms with Crippen LogP contribution in [0, 0.1) is 5.92 Å². The topological polar surface area (TPSA) is 109 Å². The number of aromatic nitrogens is 3. The minimum Gasteiger partial charge on any atom is -0.348 e. The number of hydrogen-bond acceptors (Lipinski definition) is 7. The van der Waals surface area contributed by atoms with Crippen LogP contribution in [0.4, 0.5) is 10.8 Å². The molecule has 3 aromatic rings. The summed E-state index contributed by atoms with van der Waals surface area (Å²) < 4.78 is 29.7. The second-order valence-corrected chi connectivity index (χ2v) is 11.6. The Bertz CT molecular complexity index is 1380. The van der Waals surface area contributed by atoms with Crippen molar-refractivity contribution in [1.29, 1.82) is 0 Å². The predicted molar refractivity (Wildman–Crippen MR) is 136 cm³/mol. The number of benzene rings is 1. The van der Waals surface area contributed by atoms with Gasteiger partial charge in [0.15, 0.2) is 5.11 Å². The monoisotopic (exact) mass is 516 g/mol. The molecule has 2 aliphatic rings. The minimum absolute atomic E-state index is 0.0582. The molecule has 1 saturated heterocycles. The van der Waals surface area contributed by atoms with Gasteiger partial charge in [0.1, 0.15) is 5.01 Å². The maximum atomic E-state index is 12.7. The number of aryl methyl sites for hydroxylation is 1. The first-order valence-electron chi connectivity index (χ1n) is 11.0. The summed E-state index contributed by atoms with van der Waals surface area (Å²) in [6.45, 7) is 4.16. The van der Waals surface area contributed by atoms with Crippen LogP contribution in [0.3, 0.4) is 0 Å². The average Bonchev–Trinajstić information content (AvgIpc) is 3.27. The van der Waals surface area contributed by atoms with E-state index in [0.29, 0.717) is 29.7 Å². The molecule has 34 heavy (non-hydrogen) atoms. The van der Waals surface area contributed by atoms with E-state index in [1.807, 2.05) is 23.6 Å². The molecule has 2 atom stereocenters. The normalized spacial score (nSPS) is 19.4. The van der Waals surface area contributed by atoms with Crippen molar-refractivity contribution in [2.45, 2.75) is 37.1 Å². The lowest BCUT2D eigenvalue weighted by Crippen LogP contribution is -2.50. The van der Waals surface area contributed by atoms with Gasteiger partial charge in [0.25, 0.3) is 15.6 Å². The summed E-state index contributed by atoms with van der Waals surface area (Å²) in [7, 11) is -3.76. The highest BCUT2D eigenvalue weighted by molar-refractivity contribution is 7.93. The molecule has 2 aliphatic heterocycles. The highest BCUT2D eigenvalue weighted by Gasteiger charge is 2.35. The number of thiocarbonyl (C=S) groups is 1. The number of nitrogens with one attached hydrogen (secondary N) is 2. The van der Waals surface area contributed by atoms with Crippen molar-refractivity contribution in [2.24, 2.45) is 5.92 Å². The van der Waals surface area contributed by atoms with Crippen LogP contribution in [-0.2, 0) is 23.0 Å². The number of fused-ring (bicyclic) bond motifs is 4. The van der Waals surface area contributed by atoms with Crippen LogP contribution in [0.15, 0.2) is 52.2 Å². The van der Waals surface area contributed by atoms with Crippen molar-refractivity contribution in [3.05, 3.63) is 63.5 Å². The van der Waals surface area contributed by atoms with E-state index < -0.39 is 10.0 Å². The third-order valence-corrected chi connectivity index (χ3v) is 9.00. The number of anilines is 2. The minimum atomic E-state index is -3.76. The summed E-state index contributed by atoms with van der Waals surface area (Å²) in [5, 5.41) is 12.6. The molecule has 0 saturated carbocycles. The number of nitrogens with zero attached hydrogens (tertiary/aromatic N) is 4. The van der Waals surface area contributed by atoms with E-state index in [-0.39, 0.29) is 21.5 Å². The van der Waals surface area contributed by atoms with E-state index >= 15 is 0 Å². The van der Waals surface area contributed by atoms with Gasteiger partial charge in [-0.05, 0) is 61.3 Å². The molecule has 0 aliphatic carbocycles. The molecule has 2 N–H and O–H groups in total. The number of likely N-dealkylation sites (tertiary alicyclic amines) is 1. The Morgan fingerprint density at radius 3 is 2.68 bits per heavy atom. The molecule has 178 valence electrons. The van der Waals surface area contributed by atoms with Crippen LogP contribution in [-0.4, -0.2) is 46.3 Å². The number of rotatable bonds is 5. The molecule has 4 heterocycles. The van der Waals surface area contributed by atoms with E-state index in [1.54, 1.807) is 18.2 Å². The summed E-state index contributed by atoms with van der Waals surface area (Å²) in [5.74, 6) is 0.617. The van der Waals surface area contributed by atoms with Crippen LogP contribution >= 0.6 is 23.6 Å². The van der Waals surface area contributed by atoms with Gasteiger partial charge in [-0.2, -0.15) is 0 Å². The molecule has 5 rings (SSSR count). The first-order valence-corrected chi connectivity index (χ1v) is 13.7. The first kappa shape index (κ1) is 22.9. The van der Waals surface area contributed by atoms with Gasteiger partial charge in [0.2, 0.25) is 5.13 Å². The van der Waals surface area contributed by atoms with Gasteiger partial charge in [0.05, 0.1) is 4.90 Å². The third kappa shape index (κ3) is 4.57. The Kier molecular flexibility index (Phi) is 6.13. The highest BCUT2D eigenvalue weighted by atomic mass is 32.2. The Labute approximate surface area is 206 Å². The summed E-state index contributed by atoms with van der Waals surface area (Å²) in [6, 6.07) is 11.9. The van der Waals surface area contributed by atoms with Crippen LogP contribution in [0.25, 0.3) is 0 Å². The van der Waals surface area contributed by atoms with Gasteiger partial charge in [0, 0.05) is 43.0 Å². The molecular weight excluding hydrogens is 492 g/mol. The van der Waals surface area contributed by atoms with E-state index in [0.717, 1.165) is 30.2 Å². The quantitative estimate of drug-likeness (QED) is 0.499. The molecule has 2 unspecified atom stereocenters. The molecule has 9 nitrogen and oxygen atoms in total. The van der Waals surface area contributed by atoms with Crippen molar-refractivity contribution in [3.63, 3.8) is 0 Å². The van der Waals surface area contributed by atoms with Crippen molar-refractivity contribution < 1.29 is 8.42 Å². The number of hydrogen-bond donors (Lipinski definition) is 2. The summed E-state index contributed by atoms with van der Waals surface area (Å²) in [6.07, 6.45) is 1.75. The average molecular weight is 517 g/mol. The fourth-order valence-electron chi connectivity index (χ4n) is 4.59. The molecule has 1 fully saturated rings. The Balaban J connectivity index is 1.25. The van der Waals surface area contributed by atoms with Crippen LogP contribution in [0.2, 0.25) is 0 Å². The second-order valence-electron chi connectivity index (χ2n) is 8.52. The first-order chi connectivity index (χ1) is 16.3. The largest absolute Gasteiger partial charge is 0.348 e. The van der Waals surface area contributed by atoms with Crippen LogP contribution in [0.5, 0.6) is 0 Å². The summed E-state index contributed by atoms with van der Waals surface area (Å²) in [5.41, 5.74) is 1.84. The number of piperidine rings is 1. The van der Waals surface area contributed by atoms with E-state index in [1.165, 1.54) is 23.5 Å². The summed E-state index contributed by atoms with van der Waals surface area (Å²) >= 11 is 6.89. The maximum absolute atomic E-state index is 12.7. The number of sulfonamides is 1. The zero-order valence-electron chi connectivity index (χ0n) is 18.5. The van der Waals surface area contributed by atoms with Crippen molar-refractivity contribution in [2.75, 3.05) is 23.1 Å². The lowest BCUT2D eigenvalue weighted by atomic mass is 9.83. The van der Waals surface area contributed by atoms with Gasteiger partial charge < -0.3 is 14.8 Å². The van der Waals surface area contributed by atoms with E-state index in [2.05, 4.69) is 25.1 Å². The number of pyridine rings is 1. The predicted octanol–water partition coefficient (Wildman–Crippen LogP) is 2.88. The lowest BCUT2D eigenvalue weighted by molar-refractivity contribution is 0.180. The van der Waals surface area contributed by atoms with Gasteiger partial charge in [-0.3, -0.25) is 9.52 Å². The Morgan fingerprint density at radius 1 is 1.15 bits per heavy atom. The molecular formula is C22H24N6O3S3. The third-order valence-electron chi connectivity index (χ3n) is 6.17. The van der Waals surface area contributed by atoms with Gasteiger partial charge in [-0.1, -0.05) is 24.3 Å². The highest BCUT2D eigenvalue weighted by Crippen LogP contribution is 2.35. The fraction of sp³-hybridized carbons (Fsp3) is 0.364. The zero-order chi connectivity index (χ0) is 23.9. The molecule has 1 aromatic carbocycles. The molecule has 0 amide bonds. The maximum Gasteiger partial charge on any atom is 0.263 e. The fourth-order valence-corrected chi connectivity index (χ4v) is 6.77. The lowest BCUT2D eigenvalue weighted by Gasteiger charge is -2.43. The SMILES string of the molecule is CCc1nnc(NS(=O)(=O)c2ccc(NC(=S)N3CC4CC(C3)c3cccc(=O)n3C4)cc2)s1. The summed E-state index contributed by atoms with van der Waals surface area (Å²) in [4.78, 5) is 14.5. The van der Waals surface area contributed by atoms with E-state index in [9.17, 15) is 13.2 Å². The van der Waals surface area contributed by atoms with Crippen LogP contribution in [0.1, 0.15) is 30.0 Å². The van der Waals surface area contributed by atoms with Crippen molar-refractivity contribution in [3.8, 4) is 0 Å². The molecule has 0 spiro atoms. The molecule has 2 aromatic heterocycles. The van der Waals surface area contributed by atoms with Crippen molar-refractivity contribution in [1.82, 2.24) is 19.7 Å². The standard InChI is InChI=1S/C22H24N6O3S3/c1-2-19-24-25-21(33-19)26-34(30,31)17-8-6-16(7-9-17)23-22(32)27-11-14-10-15(13-27)18-4-3-5-20(29)28(18)12-14/h3-9,14-15H,2,10-13H2,1H3,(H,23,32)(H,25,26). The van der Waals surface area contributed by atoms with Gasteiger partial charge in [-0.15, -0.1) is 10.2 Å². The molecule has 2 bridgehead atoms.